The maximum absolute atomic E-state index is 12.7. The fraction of sp³-hybridized carbons (Fsp3) is 0.130. The van der Waals surface area contributed by atoms with Crippen molar-refractivity contribution < 1.29 is 14.4 Å². The largest absolute Gasteiger partial charge is 0.456 e. The Balaban J connectivity index is 1.66. The molecule has 0 spiro atoms. The maximum atomic E-state index is 12.7. The fourth-order valence-corrected chi connectivity index (χ4v) is 2.74. The molecule has 0 bridgehead atoms. The van der Waals surface area contributed by atoms with Crippen LogP contribution in [-0.2, 0) is 11.3 Å². The van der Waals surface area contributed by atoms with Crippen molar-refractivity contribution in [1.29, 1.82) is 5.26 Å². The van der Waals surface area contributed by atoms with E-state index < -0.39 is 0 Å². The first-order valence-corrected chi connectivity index (χ1v) is 8.88. The fourth-order valence-electron chi connectivity index (χ4n) is 2.74. The summed E-state index contributed by atoms with van der Waals surface area (Å²) in [4.78, 5) is 17.9. The first-order valence-electron chi connectivity index (χ1n) is 8.88. The van der Waals surface area contributed by atoms with E-state index in [4.69, 9.17) is 14.8 Å². The van der Waals surface area contributed by atoms with E-state index in [2.05, 4.69) is 6.07 Å². The molecule has 0 radical (unpaired) electrons. The zero-order valence-electron chi connectivity index (χ0n) is 15.5. The van der Waals surface area contributed by atoms with Gasteiger partial charge in [-0.25, -0.2) is 5.06 Å². The summed E-state index contributed by atoms with van der Waals surface area (Å²) in [5.74, 6) is 0.806. The van der Waals surface area contributed by atoms with Crippen LogP contribution in [0.2, 0.25) is 0 Å². The number of amides is 1. The molecule has 0 saturated heterocycles. The molecule has 5 nitrogen and oxygen atoms in total. The number of hydrogen-bond donors (Lipinski definition) is 0. The number of carbonyl (C=O) groups is 1. The lowest BCUT2D eigenvalue weighted by atomic mass is 10.1. The van der Waals surface area contributed by atoms with Crippen LogP contribution < -0.4 is 4.74 Å². The summed E-state index contributed by atoms with van der Waals surface area (Å²) < 4.78 is 5.75. The van der Waals surface area contributed by atoms with Crippen LogP contribution in [0.15, 0.2) is 78.9 Å². The van der Waals surface area contributed by atoms with Crippen molar-refractivity contribution in [2.75, 3.05) is 13.7 Å². The number of hydroxylamine groups is 2. The molecule has 0 heterocycles. The van der Waals surface area contributed by atoms with Crippen LogP contribution >= 0.6 is 0 Å². The van der Waals surface area contributed by atoms with Gasteiger partial charge in [0.1, 0.15) is 17.6 Å². The molecule has 0 atom stereocenters. The van der Waals surface area contributed by atoms with Gasteiger partial charge in [0.25, 0.3) is 5.91 Å². The molecule has 3 aromatic carbocycles. The Morgan fingerprint density at radius 3 is 2.32 bits per heavy atom. The van der Waals surface area contributed by atoms with E-state index in [1.165, 1.54) is 12.2 Å². The van der Waals surface area contributed by atoms with Crippen molar-refractivity contribution in [3.05, 3.63) is 95.6 Å². The van der Waals surface area contributed by atoms with Gasteiger partial charge in [-0.3, -0.25) is 9.63 Å². The van der Waals surface area contributed by atoms with E-state index in [1.54, 1.807) is 48.5 Å². The summed E-state index contributed by atoms with van der Waals surface area (Å²) >= 11 is 0. The summed E-state index contributed by atoms with van der Waals surface area (Å²) in [6.45, 7) is 0.452. The van der Waals surface area contributed by atoms with Gasteiger partial charge in [0.05, 0.1) is 19.2 Å². The molecule has 0 saturated carbocycles. The summed E-state index contributed by atoms with van der Waals surface area (Å²) in [5, 5.41) is 10.5. The quantitative estimate of drug-likeness (QED) is 0.569. The molecule has 0 aliphatic heterocycles. The third kappa shape index (κ3) is 4.76. The monoisotopic (exact) mass is 372 g/mol. The maximum Gasteiger partial charge on any atom is 0.277 e. The molecule has 0 aromatic heterocycles. The topological polar surface area (TPSA) is 62.6 Å². The van der Waals surface area contributed by atoms with Crippen LogP contribution in [0.4, 0.5) is 0 Å². The second kappa shape index (κ2) is 9.36. The summed E-state index contributed by atoms with van der Waals surface area (Å²) in [7, 11) is 1.49. The summed E-state index contributed by atoms with van der Waals surface area (Å²) in [6.07, 6.45) is 0.701. The first-order chi connectivity index (χ1) is 13.7. The highest BCUT2D eigenvalue weighted by Gasteiger charge is 2.16. The highest BCUT2D eigenvalue weighted by molar-refractivity contribution is 5.93. The smallest absolute Gasteiger partial charge is 0.277 e. The van der Waals surface area contributed by atoms with E-state index in [9.17, 15) is 4.79 Å². The van der Waals surface area contributed by atoms with Crippen LogP contribution in [0.1, 0.15) is 21.5 Å². The molecule has 5 heteroatoms. The second-order valence-corrected chi connectivity index (χ2v) is 6.06. The predicted molar refractivity (Wildman–Crippen MR) is 106 cm³/mol. The second-order valence-electron chi connectivity index (χ2n) is 6.06. The average molecular weight is 372 g/mol. The van der Waals surface area contributed by atoms with Crippen molar-refractivity contribution in [2.24, 2.45) is 0 Å². The standard InChI is InChI=1S/C23H20N2O3/c1-27-25(16-15-18-7-3-2-4-8-18)23(26)19-11-13-21(14-12-19)28-22-10-6-5-9-20(22)17-24/h2-14H,15-16H2,1H3. The van der Waals surface area contributed by atoms with Crippen molar-refractivity contribution in [1.82, 2.24) is 5.06 Å². The van der Waals surface area contributed by atoms with E-state index in [0.717, 1.165) is 5.56 Å². The third-order valence-electron chi connectivity index (χ3n) is 4.23. The van der Waals surface area contributed by atoms with Gasteiger partial charge in [0, 0.05) is 5.56 Å². The molecule has 3 rings (SSSR count). The lowest BCUT2D eigenvalue weighted by Crippen LogP contribution is -2.31. The molecular weight excluding hydrogens is 352 g/mol. The van der Waals surface area contributed by atoms with Crippen LogP contribution in [-0.4, -0.2) is 24.6 Å². The Morgan fingerprint density at radius 2 is 1.64 bits per heavy atom. The number of nitrogens with zero attached hydrogens (tertiary/aromatic N) is 2. The SMILES string of the molecule is CON(CCc1ccccc1)C(=O)c1ccc(Oc2ccccc2C#N)cc1. The molecule has 0 N–H and O–H groups in total. The molecular formula is C23H20N2O3. The van der Waals surface area contributed by atoms with Crippen molar-refractivity contribution in [3.63, 3.8) is 0 Å². The van der Waals surface area contributed by atoms with Gasteiger partial charge in [0.2, 0.25) is 0 Å². The molecule has 140 valence electrons. The zero-order valence-corrected chi connectivity index (χ0v) is 15.5. The number of benzene rings is 3. The van der Waals surface area contributed by atoms with Gasteiger partial charge in [-0.15, -0.1) is 0 Å². The lowest BCUT2D eigenvalue weighted by Gasteiger charge is -2.20. The van der Waals surface area contributed by atoms with Crippen LogP contribution in [0, 0.1) is 11.3 Å². The summed E-state index contributed by atoms with van der Waals surface area (Å²) in [5.41, 5.74) is 2.09. The highest BCUT2D eigenvalue weighted by Crippen LogP contribution is 2.25. The predicted octanol–water partition coefficient (Wildman–Crippen LogP) is 4.60. The number of ether oxygens (including phenoxy) is 1. The van der Waals surface area contributed by atoms with E-state index >= 15 is 0 Å². The number of para-hydroxylation sites is 1. The zero-order chi connectivity index (χ0) is 19.8. The first kappa shape index (κ1) is 19.2. The number of carbonyl (C=O) groups excluding carboxylic acids is 1. The van der Waals surface area contributed by atoms with Crippen molar-refractivity contribution >= 4 is 5.91 Å². The van der Waals surface area contributed by atoms with E-state index in [1.807, 2.05) is 30.3 Å². The van der Waals surface area contributed by atoms with Crippen molar-refractivity contribution in [3.8, 4) is 17.6 Å². The Bertz CT molecular complexity index is 963. The minimum Gasteiger partial charge on any atom is -0.456 e. The van der Waals surface area contributed by atoms with Gasteiger partial charge in [0.15, 0.2) is 0 Å². The number of nitriles is 1. The normalized spacial score (nSPS) is 10.1. The number of rotatable bonds is 7. The Hall–Kier alpha value is -3.62. The highest BCUT2D eigenvalue weighted by atomic mass is 16.7. The van der Waals surface area contributed by atoms with Gasteiger partial charge in [-0.05, 0) is 48.4 Å². The Kier molecular flexibility index (Phi) is 6.40. The molecule has 0 aliphatic carbocycles. The van der Waals surface area contributed by atoms with Gasteiger partial charge in [-0.1, -0.05) is 42.5 Å². The number of hydrogen-bond acceptors (Lipinski definition) is 4. The molecule has 28 heavy (non-hydrogen) atoms. The molecule has 0 unspecified atom stereocenters. The Labute approximate surface area is 164 Å². The van der Waals surface area contributed by atoms with Gasteiger partial charge >= 0.3 is 0 Å². The Morgan fingerprint density at radius 1 is 0.964 bits per heavy atom. The van der Waals surface area contributed by atoms with E-state index in [0.29, 0.717) is 35.6 Å². The molecule has 3 aromatic rings. The van der Waals surface area contributed by atoms with Crippen LogP contribution in [0.5, 0.6) is 11.5 Å². The van der Waals surface area contributed by atoms with E-state index in [-0.39, 0.29) is 5.91 Å². The van der Waals surface area contributed by atoms with Crippen molar-refractivity contribution in [2.45, 2.75) is 6.42 Å². The molecule has 0 aliphatic rings. The lowest BCUT2D eigenvalue weighted by molar-refractivity contribution is -0.0942. The minimum atomic E-state index is -0.220. The third-order valence-corrected chi connectivity index (χ3v) is 4.23. The average Bonchev–Trinajstić information content (AvgIpc) is 2.75. The molecule has 0 fully saturated rings. The minimum absolute atomic E-state index is 0.220. The van der Waals surface area contributed by atoms with Gasteiger partial charge in [-0.2, -0.15) is 5.26 Å². The summed E-state index contributed by atoms with van der Waals surface area (Å²) in [6, 6.07) is 25.8. The van der Waals surface area contributed by atoms with Gasteiger partial charge < -0.3 is 4.74 Å². The van der Waals surface area contributed by atoms with Crippen LogP contribution in [0.3, 0.4) is 0 Å². The van der Waals surface area contributed by atoms with Crippen LogP contribution in [0.25, 0.3) is 0 Å². The molecule has 1 amide bonds.